The standard InChI is InChI=1S/C17H21N7O/c1-2-3-4-5-6-7-9-13-19-17-15-16(18-12-23(17)20-13)22-24(21-15)14-10-8-11-25-14/h8,10-12H,2-7,9H2,1H3. The van der Waals surface area contributed by atoms with Gasteiger partial charge in [-0.1, -0.05) is 39.0 Å². The van der Waals surface area contributed by atoms with Gasteiger partial charge in [-0.15, -0.1) is 20.1 Å². The van der Waals surface area contributed by atoms with Gasteiger partial charge in [-0.25, -0.2) is 9.97 Å². The monoisotopic (exact) mass is 339 g/mol. The van der Waals surface area contributed by atoms with E-state index in [0.29, 0.717) is 22.7 Å². The number of unbranched alkanes of at least 4 members (excludes halogenated alkanes) is 5. The molecule has 8 nitrogen and oxygen atoms in total. The fourth-order valence-corrected chi connectivity index (χ4v) is 2.90. The Morgan fingerprint density at radius 3 is 2.76 bits per heavy atom. The molecule has 0 bridgehead atoms. The molecular weight excluding hydrogens is 318 g/mol. The highest BCUT2D eigenvalue weighted by Crippen LogP contribution is 2.16. The zero-order valence-corrected chi connectivity index (χ0v) is 14.3. The van der Waals surface area contributed by atoms with E-state index in [0.717, 1.165) is 18.7 Å². The summed E-state index contributed by atoms with van der Waals surface area (Å²) in [4.78, 5) is 10.4. The highest BCUT2D eigenvalue weighted by molar-refractivity contribution is 5.83. The molecule has 130 valence electrons. The van der Waals surface area contributed by atoms with Crippen LogP contribution in [0.1, 0.15) is 51.3 Å². The quantitative estimate of drug-likeness (QED) is 0.457. The van der Waals surface area contributed by atoms with Crippen LogP contribution < -0.4 is 0 Å². The predicted octanol–water partition coefficient (Wildman–Crippen LogP) is 3.35. The Labute approximate surface area is 144 Å². The molecule has 4 aromatic heterocycles. The Morgan fingerprint density at radius 1 is 1.04 bits per heavy atom. The van der Waals surface area contributed by atoms with Crippen molar-refractivity contribution in [1.82, 2.24) is 34.6 Å². The first-order chi connectivity index (χ1) is 12.3. The first-order valence-electron chi connectivity index (χ1n) is 8.86. The third-order valence-corrected chi connectivity index (χ3v) is 4.23. The lowest BCUT2D eigenvalue weighted by Crippen LogP contribution is -1.95. The average Bonchev–Trinajstić information content (AvgIpc) is 3.35. The van der Waals surface area contributed by atoms with Crippen LogP contribution in [-0.2, 0) is 6.42 Å². The molecule has 0 fully saturated rings. The number of hydrogen-bond acceptors (Lipinski definition) is 6. The van der Waals surface area contributed by atoms with E-state index in [-0.39, 0.29) is 0 Å². The van der Waals surface area contributed by atoms with E-state index in [1.165, 1.54) is 36.9 Å². The molecule has 0 aliphatic rings. The van der Waals surface area contributed by atoms with Crippen molar-refractivity contribution in [1.29, 1.82) is 0 Å². The fourth-order valence-electron chi connectivity index (χ4n) is 2.90. The van der Waals surface area contributed by atoms with Gasteiger partial charge >= 0.3 is 0 Å². The summed E-state index contributed by atoms with van der Waals surface area (Å²) in [6.07, 6.45) is 11.6. The van der Waals surface area contributed by atoms with Crippen LogP contribution in [0.4, 0.5) is 0 Å². The molecular formula is C17H21N7O. The molecule has 4 heterocycles. The van der Waals surface area contributed by atoms with E-state index in [1.807, 2.05) is 0 Å². The molecule has 0 amide bonds. The minimum atomic E-state index is 0.530. The van der Waals surface area contributed by atoms with Crippen molar-refractivity contribution in [3.63, 3.8) is 0 Å². The van der Waals surface area contributed by atoms with Crippen LogP contribution in [-0.4, -0.2) is 34.6 Å². The summed E-state index contributed by atoms with van der Waals surface area (Å²) in [5, 5.41) is 13.3. The highest BCUT2D eigenvalue weighted by Gasteiger charge is 2.14. The number of aryl methyl sites for hydroxylation is 1. The van der Waals surface area contributed by atoms with Gasteiger partial charge in [0.1, 0.15) is 6.33 Å². The second kappa shape index (κ2) is 7.00. The van der Waals surface area contributed by atoms with E-state index in [2.05, 4.69) is 32.2 Å². The van der Waals surface area contributed by atoms with Gasteiger partial charge in [-0.3, -0.25) is 0 Å². The van der Waals surface area contributed by atoms with E-state index >= 15 is 0 Å². The van der Waals surface area contributed by atoms with Crippen molar-refractivity contribution in [3.8, 4) is 5.88 Å². The smallest absolute Gasteiger partial charge is 0.238 e. The minimum Gasteiger partial charge on any atom is -0.445 e. The van der Waals surface area contributed by atoms with Gasteiger partial charge in [-0.2, -0.15) is 4.52 Å². The molecule has 0 saturated heterocycles. The van der Waals surface area contributed by atoms with Gasteiger partial charge in [0.2, 0.25) is 11.5 Å². The van der Waals surface area contributed by atoms with E-state index < -0.39 is 0 Å². The molecule has 0 saturated carbocycles. The van der Waals surface area contributed by atoms with Gasteiger partial charge in [0.05, 0.1) is 6.26 Å². The Kier molecular flexibility index (Phi) is 4.41. The Bertz CT molecular complexity index is 954. The lowest BCUT2D eigenvalue weighted by molar-refractivity contribution is 0.502. The van der Waals surface area contributed by atoms with Crippen LogP contribution in [0.25, 0.3) is 22.7 Å². The van der Waals surface area contributed by atoms with Crippen molar-refractivity contribution in [2.45, 2.75) is 51.9 Å². The Morgan fingerprint density at radius 2 is 1.92 bits per heavy atom. The van der Waals surface area contributed by atoms with Gasteiger partial charge in [-0.05, 0) is 12.5 Å². The second-order valence-electron chi connectivity index (χ2n) is 6.17. The van der Waals surface area contributed by atoms with Crippen LogP contribution in [0.2, 0.25) is 0 Å². The largest absolute Gasteiger partial charge is 0.445 e. The molecule has 0 atom stereocenters. The summed E-state index contributed by atoms with van der Waals surface area (Å²) in [6.45, 7) is 2.23. The lowest BCUT2D eigenvalue weighted by Gasteiger charge is -1.97. The van der Waals surface area contributed by atoms with Crippen molar-refractivity contribution in [3.05, 3.63) is 30.5 Å². The molecule has 0 spiro atoms. The number of rotatable bonds is 8. The number of hydrogen-bond donors (Lipinski definition) is 0. The summed E-state index contributed by atoms with van der Waals surface area (Å²) in [6, 6.07) is 3.59. The molecule has 4 rings (SSSR count). The summed E-state index contributed by atoms with van der Waals surface area (Å²) in [7, 11) is 0. The van der Waals surface area contributed by atoms with Crippen molar-refractivity contribution < 1.29 is 4.42 Å². The van der Waals surface area contributed by atoms with E-state index in [1.54, 1.807) is 29.2 Å². The Hall–Kier alpha value is -2.77. The van der Waals surface area contributed by atoms with Gasteiger partial charge < -0.3 is 4.42 Å². The van der Waals surface area contributed by atoms with Crippen LogP contribution in [0.5, 0.6) is 0 Å². The summed E-state index contributed by atoms with van der Waals surface area (Å²) >= 11 is 0. The van der Waals surface area contributed by atoms with Crippen LogP contribution in [0.3, 0.4) is 0 Å². The molecule has 25 heavy (non-hydrogen) atoms. The fraction of sp³-hybridized carbons (Fsp3) is 0.471. The zero-order chi connectivity index (χ0) is 17.1. The lowest BCUT2D eigenvalue weighted by atomic mass is 10.1. The minimum absolute atomic E-state index is 0.530. The van der Waals surface area contributed by atoms with Crippen LogP contribution in [0, 0.1) is 0 Å². The van der Waals surface area contributed by atoms with Crippen molar-refractivity contribution in [2.75, 3.05) is 0 Å². The highest BCUT2D eigenvalue weighted by atomic mass is 16.3. The molecule has 4 aromatic rings. The maximum absolute atomic E-state index is 5.33. The maximum atomic E-state index is 5.33. The van der Waals surface area contributed by atoms with E-state index in [4.69, 9.17) is 4.42 Å². The normalized spacial score (nSPS) is 11.7. The first-order valence-corrected chi connectivity index (χ1v) is 8.86. The molecule has 0 unspecified atom stereocenters. The van der Waals surface area contributed by atoms with Crippen LogP contribution >= 0.6 is 0 Å². The molecule has 0 radical (unpaired) electrons. The second-order valence-corrected chi connectivity index (χ2v) is 6.17. The van der Waals surface area contributed by atoms with E-state index in [9.17, 15) is 0 Å². The summed E-state index contributed by atoms with van der Waals surface area (Å²) in [5.41, 5.74) is 1.84. The van der Waals surface area contributed by atoms with Gasteiger partial charge in [0, 0.05) is 12.5 Å². The molecule has 8 heteroatoms. The third kappa shape index (κ3) is 3.24. The predicted molar refractivity (Wildman–Crippen MR) is 92.6 cm³/mol. The molecule has 0 N–H and O–H groups in total. The van der Waals surface area contributed by atoms with Crippen molar-refractivity contribution in [2.24, 2.45) is 0 Å². The SMILES string of the molecule is CCCCCCCCc1nc2c3nn(-c4ccco4)nc3ncn2n1. The van der Waals surface area contributed by atoms with Gasteiger partial charge in [0.25, 0.3) is 0 Å². The third-order valence-electron chi connectivity index (χ3n) is 4.23. The molecule has 0 aliphatic heterocycles. The Balaban J connectivity index is 1.52. The maximum Gasteiger partial charge on any atom is 0.238 e. The topological polar surface area (TPSA) is 86.9 Å². The summed E-state index contributed by atoms with van der Waals surface area (Å²) in [5.74, 6) is 1.38. The molecule has 0 aromatic carbocycles. The summed E-state index contributed by atoms with van der Waals surface area (Å²) < 4.78 is 7.00. The molecule has 0 aliphatic carbocycles. The van der Waals surface area contributed by atoms with Crippen LogP contribution in [0.15, 0.2) is 29.1 Å². The van der Waals surface area contributed by atoms with Crippen molar-refractivity contribution >= 4 is 16.8 Å². The number of fused-ring (bicyclic) bond motifs is 3. The van der Waals surface area contributed by atoms with Gasteiger partial charge in [0.15, 0.2) is 17.0 Å². The first kappa shape index (κ1) is 15.7. The average molecular weight is 339 g/mol. The number of aromatic nitrogens is 7. The number of furan rings is 1. The number of nitrogens with zero attached hydrogens (tertiary/aromatic N) is 7. The zero-order valence-electron chi connectivity index (χ0n) is 14.3.